The van der Waals surface area contributed by atoms with Gasteiger partial charge in [0.05, 0.1) is 6.54 Å². The first-order chi connectivity index (χ1) is 14.5. The number of amides is 2. The Kier molecular flexibility index (Phi) is 5.65. The van der Waals surface area contributed by atoms with E-state index in [-0.39, 0.29) is 11.8 Å². The van der Waals surface area contributed by atoms with Gasteiger partial charge in [-0.05, 0) is 48.6 Å². The van der Waals surface area contributed by atoms with E-state index in [0.717, 1.165) is 52.7 Å². The first-order valence-electron chi connectivity index (χ1n) is 10.3. The molecule has 0 atom stereocenters. The van der Waals surface area contributed by atoms with E-state index < -0.39 is 0 Å². The lowest BCUT2D eigenvalue weighted by atomic mass is 10.1. The predicted molar refractivity (Wildman–Crippen MR) is 117 cm³/mol. The third kappa shape index (κ3) is 4.13. The lowest BCUT2D eigenvalue weighted by Crippen LogP contribution is -2.24. The van der Waals surface area contributed by atoms with Crippen LogP contribution in [0.15, 0.2) is 47.0 Å². The number of rotatable bonds is 5. The molecule has 0 spiro atoms. The van der Waals surface area contributed by atoms with E-state index in [1.165, 1.54) is 0 Å². The molecule has 3 heterocycles. The van der Waals surface area contributed by atoms with Gasteiger partial charge in [-0.15, -0.1) is 0 Å². The summed E-state index contributed by atoms with van der Waals surface area (Å²) in [5.41, 5.74) is 3.83. The van der Waals surface area contributed by atoms with E-state index in [1.807, 2.05) is 24.3 Å². The van der Waals surface area contributed by atoms with Crippen molar-refractivity contribution in [3.8, 4) is 0 Å². The van der Waals surface area contributed by atoms with Crippen LogP contribution < -0.4 is 5.32 Å². The molecule has 6 heteroatoms. The second-order valence-corrected chi connectivity index (χ2v) is 7.56. The van der Waals surface area contributed by atoms with Crippen LogP contribution in [-0.4, -0.2) is 28.7 Å². The van der Waals surface area contributed by atoms with E-state index in [0.29, 0.717) is 18.8 Å². The van der Waals surface area contributed by atoms with Gasteiger partial charge in [-0.2, -0.15) is 0 Å². The Balaban J connectivity index is 1.47. The third-order valence-electron chi connectivity index (χ3n) is 5.41. The van der Waals surface area contributed by atoms with Gasteiger partial charge in [0.1, 0.15) is 17.2 Å². The van der Waals surface area contributed by atoms with Crippen LogP contribution in [0.5, 0.6) is 0 Å². The van der Waals surface area contributed by atoms with Gasteiger partial charge in [0.15, 0.2) is 0 Å². The van der Waals surface area contributed by atoms with E-state index >= 15 is 0 Å². The molecular weight excluding hydrogens is 378 g/mol. The molecule has 2 aromatic heterocycles. The van der Waals surface area contributed by atoms with Crippen LogP contribution >= 0.6 is 0 Å². The molecule has 2 amide bonds. The summed E-state index contributed by atoms with van der Waals surface area (Å²) in [6, 6.07) is 9.93. The van der Waals surface area contributed by atoms with Gasteiger partial charge in [-0.1, -0.05) is 25.1 Å². The number of likely N-dealkylation sites (N-methyl/N-ethyl adjacent to an activating group) is 1. The summed E-state index contributed by atoms with van der Waals surface area (Å²) < 4.78 is 5.99. The quantitative estimate of drug-likeness (QED) is 0.643. The fourth-order valence-electron chi connectivity index (χ4n) is 3.81. The Morgan fingerprint density at radius 3 is 2.97 bits per heavy atom. The lowest BCUT2D eigenvalue weighted by molar-refractivity contribution is -0.125. The van der Waals surface area contributed by atoms with Crippen LogP contribution in [0.2, 0.25) is 0 Å². The maximum Gasteiger partial charge on any atom is 0.246 e. The molecule has 0 bridgehead atoms. The Morgan fingerprint density at radius 1 is 1.30 bits per heavy atom. The monoisotopic (exact) mass is 403 g/mol. The SMILES string of the molecule is CCc1c(CN(C)C(=O)C=Cc2cnc3c(c2)CCCC(=O)N3)oc2ccccc12. The Bertz CT molecular complexity index is 1130. The number of hydrogen-bond acceptors (Lipinski definition) is 4. The van der Waals surface area contributed by atoms with Crippen molar-refractivity contribution in [1.29, 1.82) is 0 Å². The Morgan fingerprint density at radius 2 is 2.13 bits per heavy atom. The fourth-order valence-corrected chi connectivity index (χ4v) is 3.81. The molecule has 3 aromatic rings. The molecule has 1 aromatic carbocycles. The summed E-state index contributed by atoms with van der Waals surface area (Å²) in [7, 11) is 1.77. The van der Waals surface area contributed by atoms with Crippen LogP contribution in [0.3, 0.4) is 0 Å². The molecule has 0 unspecified atom stereocenters. The van der Waals surface area contributed by atoms with Gasteiger partial charge >= 0.3 is 0 Å². The summed E-state index contributed by atoms with van der Waals surface area (Å²) in [5.74, 6) is 1.33. The molecule has 30 heavy (non-hydrogen) atoms. The van der Waals surface area contributed by atoms with Crippen molar-refractivity contribution in [2.24, 2.45) is 0 Å². The number of para-hydroxylation sites is 1. The molecule has 0 saturated carbocycles. The van der Waals surface area contributed by atoms with Gasteiger partial charge in [-0.3, -0.25) is 9.59 Å². The van der Waals surface area contributed by atoms with Crippen LogP contribution in [0.4, 0.5) is 5.82 Å². The second-order valence-electron chi connectivity index (χ2n) is 7.56. The maximum atomic E-state index is 12.6. The van der Waals surface area contributed by atoms with Crippen molar-refractivity contribution in [2.75, 3.05) is 12.4 Å². The Hall–Kier alpha value is -3.41. The zero-order chi connectivity index (χ0) is 21.1. The number of carbonyl (C=O) groups is 2. The smallest absolute Gasteiger partial charge is 0.246 e. The number of anilines is 1. The van der Waals surface area contributed by atoms with Gasteiger partial charge in [-0.25, -0.2) is 4.98 Å². The minimum atomic E-state index is -0.110. The standard InChI is InChI=1S/C24H25N3O3/c1-3-18-19-8-4-5-9-20(19)30-21(18)15-27(2)23(29)12-11-16-13-17-7-6-10-22(28)26-24(17)25-14-16/h4-5,8-9,11-14H,3,6-7,10,15H2,1-2H3,(H,25,26,28). The number of benzene rings is 1. The normalized spacial score (nSPS) is 13.9. The molecule has 1 aliphatic rings. The Labute approximate surface area is 175 Å². The van der Waals surface area contributed by atoms with E-state index in [2.05, 4.69) is 23.3 Å². The second kappa shape index (κ2) is 8.53. The van der Waals surface area contributed by atoms with E-state index in [1.54, 1.807) is 30.3 Å². The molecule has 6 nitrogen and oxygen atoms in total. The highest BCUT2D eigenvalue weighted by Gasteiger charge is 2.16. The van der Waals surface area contributed by atoms with Gasteiger partial charge in [0.2, 0.25) is 11.8 Å². The zero-order valence-corrected chi connectivity index (χ0v) is 17.3. The van der Waals surface area contributed by atoms with Crippen molar-refractivity contribution in [3.63, 3.8) is 0 Å². The number of hydrogen-bond donors (Lipinski definition) is 1. The van der Waals surface area contributed by atoms with Crippen molar-refractivity contribution >= 4 is 34.7 Å². The molecule has 0 saturated heterocycles. The van der Waals surface area contributed by atoms with Gasteiger partial charge < -0.3 is 14.6 Å². The summed E-state index contributed by atoms with van der Waals surface area (Å²) >= 11 is 0. The molecule has 0 aliphatic carbocycles. The number of nitrogens with one attached hydrogen (secondary N) is 1. The maximum absolute atomic E-state index is 12.6. The van der Waals surface area contributed by atoms with Crippen LogP contribution in [0.25, 0.3) is 17.0 Å². The number of furan rings is 1. The van der Waals surface area contributed by atoms with Gasteiger partial charge in [0, 0.05) is 36.7 Å². The minimum Gasteiger partial charge on any atom is -0.459 e. The molecule has 0 fully saturated rings. The van der Waals surface area contributed by atoms with Crippen molar-refractivity contribution in [3.05, 3.63) is 65.1 Å². The highest BCUT2D eigenvalue weighted by Crippen LogP contribution is 2.27. The number of aryl methyl sites for hydroxylation is 2. The average Bonchev–Trinajstić information content (AvgIpc) is 2.98. The van der Waals surface area contributed by atoms with Gasteiger partial charge in [0.25, 0.3) is 0 Å². The van der Waals surface area contributed by atoms with E-state index in [4.69, 9.17) is 4.42 Å². The van der Waals surface area contributed by atoms with Crippen molar-refractivity contribution in [1.82, 2.24) is 9.88 Å². The van der Waals surface area contributed by atoms with E-state index in [9.17, 15) is 9.59 Å². The number of aromatic nitrogens is 1. The molecule has 1 aliphatic heterocycles. The summed E-state index contributed by atoms with van der Waals surface area (Å²) in [6.45, 7) is 2.51. The van der Waals surface area contributed by atoms with Crippen LogP contribution in [0, 0.1) is 0 Å². The summed E-state index contributed by atoms with van der Waals surface area (Å²) in [6.07, 6.45) is 7.93. The summed E-state index contributed by atoms with van der Waals surface area (Å²) in [5, 5.41) is 3.93. The molecular formula is C24H25N3O3. The molecule has 154 valence electrons. The number of nitrogens with zero attached hydrogens (tertiary/aromatic N) is 2. The van der Waals surface area contributed by atoms with Crippen LogP contribution in [0.1, 0.15) is 42.2 Å². The lowest BCUT2D eigenvalue weighted by Gasteiger charge is -2.14. The topological polar surface area (TPSA) is 75.4 Å². The first-order valence-corrected chi connectivity index (χ1v) is 10.3. The highest BCUT2D eigenvalue weighted by atomic mass is 16.3. The van der Waals surface area contributed by atoms with Crippen molar-refractivity contribution in [2.45, 2.75) is 39.2 Å². The average molecular weight is 403 g/mol. The first kappa shape index (κ1) is 19.9. The molecule has 4 rings (SSSR count). The third-order valence-corrected chi connectivity index (χ3v) is 5.41. The zero-order valence-electron chi connectivity index (χ0n) is 17.3. The van der Waals surface area contributed by atoms with Crippen molar-refractivity contribution < 1.29 is 14.0 Å². The highest BCUT2D eigenvalue weighted by molar-refractivity contribution is 5.93. The number of pyridine rings is 1. The van der Waals surface area contributed by atoms with Crippen LogP contribution in [-0.2, 0) is 29.0 Å². The predicted octanol–water partition coefficient (Wildman–Crippen LogP) is 4.34. The molecule has 1 N–H and O–H groups in total. The largest absolute Gasteiger partial charge is 0.459 e. The minimum absolute atomic E-state index is 0.00150. The number of fused-ring (bicyclic) bond motifs is 2. The molecule has 0 radical (unpaired) electrons. The summed E-state index contributed by atoms with van der Waals surface area (Å²) in [4.78, 5) is 30.3. The number of carbonyl (C=O) groups excluding carboxylic acids is 2. The fraction of sp³-hybridized carbons (Fsp3) is 0.292.